The Labute approximate surface area is 136 Å². The van der Waals surface area contributed by atoms with Crippen molar-refractivity contribution in [1.82, 2.24) is 0 Å². The molecule has 4 nitrogen and oxygen atoms in total. The summed E-state index contributed by atoms with van der Waals surface area (Å²) in [7, 11) is 1.27. The van der Waals surface area contributed by atoms with Crippen molar-refractivity contribution in [3.05, 3.63) is 69.7 Å². The van der Waals surface area contributed by atoms with Gasteiger partial charge in [0.15, 0.2) is 11.6 Å². The second kappa shape index (κ2) is 7.13. The van der Waals surface area contributed by atoms with Crippen LogP contribution in [-0.4, -0.2) is 24.6 Å². The van der Waals surface area contributed by atoms with Gasteiger partial charge in [-0.3, -0.25) is 9.59 Å². The molecule has 0 spiro atoms. The van der Waals surface area contributed by atoms with Crippen LogP contribution in [0.25, 0.3) is 0 Å². The number of Topliss-reactive ketones (excluding diaryl/α,β-unsaturated/α-hetero) is 2. The smallest absolute Gasteiger partial charge is 0.337 e. The number of carbonyl (C=O) groups excluding carboxylic acids is 3. The van der Waals surface area contributed by atoms with E-state index < -0.39 is 5.97 Å². The van der Waals surface area contributed by atoms with Crippen molar-refractivity contribution in [1.29, 1.82) is 0 Å². The Morgan fingerprint density at radius 3 is 2.14 bits per heavy atom. The third-order valence-corrected chi connectivity index (χ3v) is 3.62. The molecule has 0 N–H and O–H groups in total. The predicted molar refractivity (Wildman–Crippen MR) is 85.2 cm³/mol. The average molecular weight is 361 g/mol. The van der Waals surface area contributed by atoms with E-state index in [2.05, 4.69) is 20.7 Å². The molecule has 2 aromatic rings. The minimum absolute atomic E-state index is 0.244. The lowest BCUT2D eigenvalue weighted by molar-refractivity contribution is 0.0600. The molecule has 0 bridgehead atoms. The lowest BCUT2D eigenvalue weighted by Gasteiger charge is -2.04. The summed E-state index contributed by atoms with van der Waals surface area (Å²) in [5.74, 6) is -1.12. The molecule has 0 saturated heterocycles. The van der Waals surface area contributed by atoms with E-state index in [4.69, 9.17) is 0 Å². The molecule has 0 fully saturated rings. The van der Waals surface area contributed by atoms with Gasteiger partial charge in [-0.25, -0.2) is 4.79 Å². The summed E-state index contributed by atoms with van der Waals surface area (Å²) in [4.78, 5) is 35.7. The highest BCUT2D eigenvalue weighted by Crippen LogP contribution is 2.14. The first-order valence-electron chi connectivity index (χ1n) is 6.51. The van der Waals surface area contributed by atoms with Gasteiger partial charge >= 0.3 is 5.97 Å². The number of esters is 1. The quantitative estimate of drug-likeness (QED) is 0.463. The van der Waals surface area contributed by atoms with Gasteiger partial charge in [0.25, 0.3) is 0 Å². The Kier molecular flexibility index (Phi) is 5.22. The van der Waals surface area contributed by atoms with E-state index in [1.54, 1.807) is 42.5 Å². The van der Waals surface area contributed by atoms with E-state index in [1.807, 2.05) is 0 Å². The first-order chi connectivity index (χ1) is 10.5. The van der Waals surface area contributed by atoms with E-state index in [1.165, 1.54) is 13.2 Å². The fraction of sp³-hybridized carbons (Fsp3) is 0.118. The fourth-order valence-corrected chi connectivity index (χ4v) is 2.19. The summed E-state index contributed by atoms with van der Waals surface area (Å²) in [5, 5.41) is 0. The van der Waals surface area contributed by atoms with Crippen LogP contribution in [0.1, 0.15) is 37.5 Å². The molecule has 0 unspecified atom stereocenters. The molecular weight excluding hydrogens is 348 g/mol. The van der Waals surface area contributed by atoms with Crippen LogP contribution in [0.4, 0.5) is 0 Å². The molecule has 0 amide bonds. The van der Waals surface area contributed by atoms with Crippen LogP contribution in [0, 0.1) is 0 Å². The Hall–Kier alpha value is -2.27. The molecule has 5 heteroatoms. The maximum atomic E-state index is 12.2. The largest absolute Gasteiger partial charge is 0.465 e. The number of ketones is 2. The van der Waals surface area contributed by atoms with Crippen molar-refractivity contribution in [2.75, 3.05) is 7.11 Å². The lowest BCUT2D eigenvalue weighted by atomic mass is 10.0. The zero-order valence-electron chi connectivity index (χ0n) is 11.8. The van der Waals surface area contributed by atoms with Crippen LogP contribution in [0.3, 0.4) is 0 Å². The van der Waals surface area contributed by atoms with Gasteiger partial charge in [-0.2, -0.15) is 0 Å². The van der Waals surface area contributed by atoms with Gasteiger partial charge in [-0.05, 0) is 24.3 Å². The number of hydrogen-bond donors (Lipinski definition) is 0. The van der Waals surface area contributed by atoms with E-state index in [9.17, 15) is 14.4 Å². The van der Waals surface area contributed by atoms with Crippen molar-refractivity contribution < 1.29 is 19.1 Å². The summed E-state index contributed by atoms with van der Waals surface area (Å²) in [5.41, 5.74) is 1.07. The van der Waals surface area contributed by atoms with Crippen molar-refractivity contribution in [3.8, 4) is 0 Å². The molecule has 0 aromatic heterocycles. The summed E-state index contributed by atoms with van der Waals surface area (Å²) in [6, 6.07) is 13.0. The standard InChI is InChI=1S/C17H13BrO4/c1-22-17(21)13-4-2-3-12(9-13)16(20)10-15(19)11-5-7-14(18)8-6-11/h2-9H,10H2,1H3. The Bertz CT molecular complexity index is 720. The number of rotatable bonds is 5. The van der Waals surface area contributed by atoms with E-state index in [0.717, 1.165) is 4.47 Å². The topological polar surface area (TPSA) is 60.4 Å². The molecule has 2 rings (SSSR count). The molecule has 0 saturated carbocycles. The number of ether oxygens (including phenoxy) is 1. The van der Waals surface area contributed by atoms with Crippen LogP contribution in [-0.2, 0) is 4.74 Å². The van der Waals surface area contributed by atoms with Gasteiger partial charge in [-0.15, -0.1) is 0 Å². The molecule has 0 aliphatic rings. The molecule has 112 valence electrons. The second-order valence-corrected chi connectivity index (χ2v) is 5.52. The highest BCUT2D eigenvalue weighted by molar-refractivity contribution is 9.10. The second-order valence-electron chi connectivity index (χ2n) is 4.60. The number of halogens is 1. The van der Waals surface area contributed by atoms with Crippen molar-refractivity contribution in [2.45, 2.75) is 6.42 Å². The van der Waals surface area contributed by atoms with Gasteiger partial charge in [0.1, 0.15) is 0 Å². The first kappa shape index (κ1) is 16.1. The first-order valence-corrected chi connectivity index (χ1v) is 7.31. The Balaban J connectivity index is 2.13. The summed E-state index contributed by atoms with van der Waals surface area (Å²) in [6.07, 6.45) is -0.244. The van der Waals surface area contributed by atoms with Crippen molar-refractivity contribution in [2.24, 2.45) is 0 Å². The molecule has 2 aromatic carbocycles. The van der Waals surface area contributed by atoms with E-state index in [0.29, 0.717) is 11.1 Å². The van der Waals surface area contributed by atoms with Crippen LogP contribution < -0.4 is 0 Å². The predicted octanol–water partition coefficient (Wildman–Crippen LogP) is 3.69. The highest BCUT2D eigenvalue weighted by Gasteiger charge is 2.15. The molecular formula is C17H13BrO4. The fourth-order valence-electron chi connectivity index (χ4n) is 1.92. The zero-order valence-corrected chi connectivity index (χ0v) is 13.4. The molecule has 0 radical (unpaired) electrons. The Morgan fingerprint density at radius 1 is 0.909 bits per heavy atom. The number of hydrogen-bond acceptors (Lipinski definition) is 4. The van der Waals surface area contributed by atoms with Gasteiger partial charge in [0.05, 0.1) is 19.1 Å². The number of methoxy groups -OCH3 is 1. The molecule has 0 aliphatic carbocycles. The van der Waals surface area contributed by atoms with Crippen LogP contribution in [0.5, 0.6) is 0 Å². The van der Waals surface area contributed by atoms with Gasteiger partial charge in [0, 0.05) is 15.6 Å². The van der Waals surface area contributed by atoms with E-state index >= 15 is 0 Å². The number of benzene rings is 2. The number of carbonyl (C=O) groups is 3. The molecule has 0 heterocycles. The van der Waals surface area contributed by atoms with Crippen molar-refractivity contribution >= 4 is 33.5 Å². The normalized spacial score (nSPS) is 10.1. The average Bonchev–Trinajstić information content (AvgIpc) is 2.54. The molecule has 22 heavy (non-hydrogen) atoms. The third-order valence-electron chi connectivity index (χ3n) is 3.09. The minimum atomic E-state index is -0.520. The summed E-state index contributed by atoms with van der Waals surface area (Å²) in [6.45, 7) is 0. The highest BCUT2D eigenvalue weighted by atomic mass is 79.9. The van der Waals surface area contributed by atoms with Crippen LogP contribution in [0.15, 0.2) is 53.0 Å². The van der Waals surface area contributed by atoms with Crippen LogP contribution >= 0.6 is 15.9 Å². The third kappa shape index (κ3) is 3.89. The lowest BCUT2D eigenvalue weighted by Crippen LogP contribution is -2.10. The maximum Gasteiger partial charge on any atom is 0.337 e. The van der Waals surface area contributed by atoms with Crippen molar-refractivity contribution in [3.63, 3.8) is 0 Å². The summed E-state index contributed by atoms with van der Waals surface area (Å²) < 4.78 is 5.47. The minimum Gasteiger partial charge on any atom is -0.465 e. The van der Waals surface area contributed by atoms with Crippen LogP contribution in [0.2, 0.25) is 0 Å². The SMILES string of the molecule is COC(=O)c1cccc(C(=O)CC(=O)c2ccc(Br)cc2)c1. The molecule has 0 aliphatic heterocycles. The monoisotopic (exact) mass is 360 g/mol. The van der Waals surface area contributed by atoms with Gasteiger partial charge < -0.3 is 4.74 Å². The molecule has 0 atom stereocenters. The van der Waals surface area contributed by atoms with Gasteiger partial charge in [0.2, 0.25) is 0 Å². The zero-order chi connectivity index (χ0) is 16.1. The maximum absolute atomic E-state index is 12.2. The van der Waals surface area contributed by atoms with Gasteiger partial charge in [-0.1, -0.05) is 40.2 Å². The van der Waals surface area contributed by atoms with E-state index in [-0.39, 0.29) is 23.6 Å². The summed E-state index contributed by atoms with van der Waals surface area (Å²) >= 11 is 3.29. The Morgan fingerprint density at radius 2 is 1.50 bits per heavy atom.